The second-order valence-electron chi connectivity index (χ2n) is 7.49. The van der Waals surface area contributed by atoms with Crippen LogP contribution in [0.15, 0.2) is 47.5 Å². The Bertz CT molecular complexity index is 1020. The molecule has 0 bridgehead atoms. The summed E-state index contributed by atoms with van der Waals surface area (Å²) >= 11 is 0. The number of nitrogen functional groups attached to an aromatic ring is 1. The van der Waals surface area contributed by atoms with Gasteiger partial charge in [0.25, 0.3) is 0 Å². The second kappa shape index (κ2) is 8.03. The van der Waals surface area contributed by atoms with Gasteiger partial charge in [0.15, 0.2) is 0 Å². The fourth-order valence-corrected chi connectivity index (χ4v) is 4.71. The second-order valence-corrected chi connectivity index (χ2v) is 9.43. The van der Waals surface area contributed by atoms with Crippen molar-refractivity contribution in [3.05, 3.63) is 48.2 Å². The monoisotopic (exact) mass is 414 g/mol. The van der Waals surface area contributed by atoms with E-state index in [9.17, 15) is 13.5 Å². The minimum absolute atomic E-state index is 0.123. The summed E-state index contributed by atoms with van der Waals surface area (Å²) in [6.07, 6.45) is 1.28. The molecule has 1 atom stereocenters. The van der Waals surface area contributed by atoms with Crippen LogP contribution in [0.2, 0.25) is 0 Å². The third-order valence-electron chi connectivity index (χ3n) is 4.96. The van der Waals surface area contributed by atoms with Gasteiger partial charge in [-0.15, -0.1) is 5.92 Å². The van der Waals surface area contributed by atoms with E-state index in [4.69, 9.17) is 5.73 Å². The lowest BCUT2D eigenvalue weighted by Gasteiger charge is -2.40. The lowest BCUT2D eigenvalue weighted by atomic mass is 9.98. The van der Waals surface area contributed by atoms with Gasteiger partial charge >= 0.3 is 0 Å². The van der Waals surface area contributed by atoms with Gasteiger partial charge in [-0.2, -0.15) is 4.31 Å². The first kappa shape index (κ1) is 21.1. The SMILES string of the molecule is CC#C[C@H]1CN(S(=O)(=O)c2ccc(N)nc2)CCN1c1ccc(C(C)(C)O)cc1. The summed E-state index contributed by atoms with van der Waals surface area (Å²) in [6.45, 7) is 6.31. The molecule has 3 rings (SSSR count). The van der Waals surface area contributed by atoms with Crippen LogP contribution in [0.4, 0.5) is 11.5 Å². The predicted molar refractivity (Wildman–Crippen MR) is 114 cm³/mol. The fourth-order valence-electron chi connectivity index (χ4n) is 3.33. The number of hydrogen-bond acceptors (Lipinski definition) is 6. The van der Waals surface area contributed by atoms with Crippen LogP contribution in [-0.2, 0) is 15.6 Å². The molecule has 1 aliphatic rings. The number of nitrogens with two attached hydrogens (primary N) is 1. The average Bonchev–Trinajstić information content (AvgIpc) is 2.68. The molecular weight excluding hydrogens is 388 g/mol. The molecule has 1 aromatic heterocycles. The molecule has 0 amide bonds. The molecular formula is C21H26N4O3S. The van der Waals surface area contributed by atoms with Gasteiger partial charge in [0.2, 0.25) is 10.0 Å². The summed E-state index contributed by atoms with van der Waals surface area (Å²) in [5, 5.41) is 10.2. The van der Waals surface area contributed by atoms with Crippen molar-refractivity contribution in [3.8, 4) is 11.8 Å². The number of pyridine rings is 1. The first-order valence-electron chi connectivity index (χ1n) is 9.36. The van der Waals surface area contributed by atoms with Crippen molar-refractivity contribution < 1.29 is 13.5 Å². The van der Waals surface area contributed by atoms with Crippen molar-refractivity contribution in [2.24, 2.45) is 0 Å². The molecule has 0 spiro atoms. The van der Waals surface area contributed by atoms with Crippen LogP contribution in [0.1, 0.15) is 26.3 Å². The Hall–Kier alpha value is -2.60. The molecule has 7 nitrogen and oxygen atoms in total. The van der Waals surface area contributed by atoms with Gasteiger partial charge in [-0.3, -0.25) is 0 Å². The van der Waals surface area contributed by atoms with E-state index in [0.29, 0.717) is 13.1 Å². The Morgan fingerprint density at radius 3 is 2.41 bits per heavy atom. The highest BCUT2D eigenvalue weighted by molar-refractivity contribution is 7.89. The van der Waals surface area contributed by atoms with Crippen molar-refractivity contribution in [2.75, 3.05) is 30.3 Å². The van der Waals surface area contributed by atoms with E-state index in [-0.39, 0.29) is 23.3 Å². The predicted octanol–water partition coefficient (Wildman–Crippen LogP) is 1.79. The zero-order valence-corrected chi connectivity index (χ0v) is 17.6. The number of rotatable bonds is 4. The summed E-state index contributed by atoms with van der Waals surface area (Å²) in [4.78, 5) is 6.12. The number of nitrogens with zero attached hydrogens (tertiary/aromatic N) is 3. The highest BCUT2D eigenvalue weighted by Gasteiger charge is 2.34. The maximum atomic E-state index is 13.0. The van der Waals surface area contributed by atoms with E-state index in [1.54, 1.807) is 20.8 Å². The van der Waals surface area contributed by atoms with Gasteiger partial charge in [0.1, 0.15) is 16.8 Å². The summed E-state index contributed by atoms with van der Waals surface area (Å²) < 4.78 is 27.4. The number of aromatic nitrogens is 1. The molecule has 1 saturated heterocycles. The Balaban J connectivity index is 1.84. The van der Waals surface area contributed by atoms with Crippen LogP contribution in [0.5, 0.6) is 0 Å². The normalized spacial score (nSPS) is 18.2. The lowest BCUT2D eigenvalue weighted by Crippen LogP contribution is -2.54. The Morgan fingerprint density at radius 1 is 1.17 bits per heavy atom. The molecule has 154 valence electrons. The first-order chi connectivity index (χ1) is 13.6. The van der Waals surface area contributed by atoms with Gasteiger partial charge in [-0.25, -0.2) is 13.4 Å². The number of hydrogen-bond donors (Lipinski definition) is 2. The smallest absolute Gasteiger partial charge is 0.244 e. The minimum Gasteiger partial charge on any atom is -0.386 e. The van der Waals surface area contributed by atoms with Crippen LogP contribution in [-0.4, -0.2) is 48.5 Å². The molecule has 2 heterocycles. The molecule has 1 aromatic carbocycles. The zero-order chi connectivity index (χ0) is 21.2. The topological polar surface area (TPSA) is 99.8 Å². The highest BCUT2D eigenvalue weighted by atomic mass is 32.2. The Morgan fingerprint density at radius 2 is 1.86 bits per heavy atom. The maximum absolute atomic E-state index is 13.0. The molecule has 1 aliphatic heterocycles. The largest absolute Gasteiger partial charge is 0.386 e. The number of sulfonamides is 1. The molecule has 1 fully saturated rings. The molecule has 0 saturated carbocycles. The van der Waals surface area contributed by atoms with Crippen LogP contribution in [0.3, 0.4) is 0 Å². The van der Waals surface area contributed by atoms with Crippen molar-refractivity contribution in [2.45, 2.75) is 37.3 Å². The van der Waals surface area contributed by atoms with E-state index in [1.165, 1.54) is 22.6 Å². The molecule has 0 radical (unpaired) electrons. The first-order valence-corrected chi connectivity index (χ1v) is 10.8. The third-order valence-corrected chi connectivity index (χ3v) is 6.81. The fraction of sp³-hybridized carbons (Fsp3) is 0.381. The van der Waals surface area contributed by atoms with Crippen molar-refractivity contribution in [1.82, 2.24) is 9.29 Å². The van der Waals surface area contributed by atoms with E-state index in [2.05, 4.69) is 21.7 Å². The molecule has 3 N–H and O–H groups in total. The average molecular weight is 415 g/mol. The molecule has 0 aliphatic carbocycles. The summed E-state index contributed by atoms with van der Waals surface area (Å²) in [6, 6.07) is 10.3. The minimum atomic E-state index is -3.67. The van der Waals surface area contributed by atoms with Crippen LogP contribution >= 0.6 is 0 Å². The highest BCUT2D eigenvalue weighted by Crippen LogP contribution is 2.27. The zero-order valence-electron chi connectivity index (χ0n) is 16.8. The van der Waals surface area contributed by atoms with Crippen LogP contribution in [0, 0.1) is 11.8 Å². The van der Waals surface area contributed by atoms with Gasteiger partial charge in [0, 0.05) is 31.5 Å². The van der Waals surface area contributed by atoms with Crippen LogP contribution < -0.4 is 10.6 Å². The Labute approximate surface area is 172 Å². The maximum Gasteiger partial charge on any atom is 0.244 e. The van der Waals surface area contributed by atoms with Gasteiger partial charge in [-0.05, 0) is 50.6 Å². The molecule has 2 aromatic rings. The number of benzene rings is 1. The quantitative estimate of drug-likeness (QED) is 0.740. The van der Waals surface area contributed by atoms with Gasteiger partial charge in [-0.1, -0.05) is 18.1 Å². The standard InChI is InChI=1S/C21H26N4O3S/c1-4-5-18-15-24(29(27,28)19-10-11-20(22)23-14-19)12-13-25(18)17-8-6-16(7-9-17)21(2,3)26/h6-11,14,18,26H,12-13,15H2,1-3H3,(H2,22,23)/t18-/m0/s1. The van der Waals surface area contributed by atoms with Crippen molar-refractivity contribution in [3.63, 3.8) is 0 Å². The number of aliphatic hydroxyl groups is 1. The van der Waals surface area contributed by atoms with E-state index >= 15 is 0 Å². The van der Waals surface area contributed by atoms with Crippen LogP contribution in [0.25, 0.3) is 0 Å². The summed E-state index contributed by atoms with van der Waals surface area (Å²) in [7, 11) is -3.67. The summed E-state index contributed by atoms with van der Waals surface area (Å²) in [5.74, 6) is 6.31. The molecule has 8 heteroatoms. The Kier molecular flexibility index (Phi) is 5.85. The number of piperazine rings is 1. The van der Waals surface area contributed by atoms with Crippen molar-refractivity contribution >= 4 is 21.5 Å². The third kappa shape index (κ3) is 4.53. The van der Waals surface area contributed by atoms with E-state index < -0.39 is 15.6 Å². The van der Waals surface area contributed by atoms with E-state index in [0.717, 1.165) is 11.3 Å². The number of anilines is 2. The van der Waals surface area contributed by atoms with Gasteiger partial charge in [0.05, 0.1) is 5.60 Å². The van der Waals surface area contributed by atoms with E-state index in [1.807, 2.05) is 24.3 Å². The van der Waals surface area contributed by atoms with Gasteiger partial charge < -0.3 is 15.7 Å². The van der Waals surface area contributed by atoms with Crippen molar-refractivity contribution in [1.29, 1.82) is 0 Å². The molecule has 29 heavy (non-hydrogen) atoms. The summed E-state index contributed by atoms with van der Waals surface area (Å²) in [5.41, 5.74) is 6.41. The molecule has 0 unspecified atom stereocenters. The lowest BCUT2D eigenvalue weighted by molar-refractivity contribution is 0.0786.